The van der Waals surface area contributed by atoms with Crippen molar-refractivity contribution in [3.8, 4) is 0 Å². The molecule has 0 aromatic rings. The molecule has 0 radical (unpaired) electrons. The lowest BCUT2D eigenvalue weighted by Gasteiger charge is -2.49. The van der Waals surface area contributed by atoms with E-state index < -0.39 is 0 Å². The average molecular weight is 308 g/mol. The molecule has 0 unspecified atom stereocenters. The van der Waals surface area contributed by atoms with Crippen LogP contribution in [0.5, 0.6) is 0 Å². The van der Waals surface area contributed by atoms with Gasteiger partial charge in [0.1, 0.15) is 0 Å². The Labute approximate surface area is 138 Å². The summed E-state index contributed by atoms with van der Waals surface area (Å²) in [6.45, 7) is 14.8. The van der Waals surface area contributed by atoms with Crippen molar-refractivity contribution in [2.24, 2.45) is 5.41 Å². The van der Waals surface area contributed by atoms with Gasteiger partial charge in [-0.3, -0.25) is 9.80 Å². The Morgan fingerprint density at radius 1 is 0.773 bits per heavy atom. The second-order valence-corrected chi connectivity index (χ2v) is 9.23. The maximum atomic E-state index is 2.81. The number of likely N-dealkylation sites (tertiary alicyclic amines) is 1. The minimum absolute atomic E-state index is 0.344. The van der Waals surface area contributed by atoms with Crippen molar-refractivity contribution < 1.29 is 0 Å². The van der Waals surface area contributed by atoms with Gasteiger partial charge in [-0.05, 0) is 84.8 Å². The van der Waals surface area contributed by atoms with Gasteiger partial charge in [0.25, 0.3) is 0 Å². The summed E-state index contributed by atoms with van der Waals surface area (Å²) >= 11 is 0. The van der Waals surface area contributed by atoms with Crippen molar-refractivity contribution in [3.05, 3.63) is 0 Å². The summed E-state index contributed by atoms with van der Waals surface area (Å²) in [5, 5.41) is 0. The predicted octanol–water partition coefficient (Wildman–Crippen LogP) is 3.06. The summed E-state index contributed by atoms with van der Waals surface area (Å²) in [6, 6.07) is 0.882. The van der Waals surface area contributed by atoms with E-state index in [0.29, 0.717) is 5.54 Å². The third kappa shape index (κ3) is 3.68. The summed E-state index contributed by atoms with van der Waals surface area (Å²) in [5.41, 5.74) is 1.06. The lowest BCUT2D eigenvalue weighted by molar-refractivity contribution is 0.00377. The zero-order valence-corrected chi connectivity index (χ0v) is 15.4. The maximum Gasteiger partial charge on any atom is 0.0126 e. The molecule has 22 heavy (non-hydrogen) atoms. The molecule has 3 rings (SSSR count). The standard InChI is InChI=1S/C19H37N3/c1-18(2,3)22-15-13-21(14-16-22)17-5-7-19(8-6-17)9-11-20(4)12-10-19/h17H,5-16H2,1-4H3. The van der Waals surface area contributed by atoms with E-state index in [1.807, 2.05) is 0 Å². The zero-order chi connectivity index (χ0) is 15.8. The first kappa shape index (κ1) is 16.7. The highest BCUT2D eigenvalue weighted by Gasteiger charge is 2.39. The van der Waals surface area contributed by atoms with Gasteiger partial charge in [-0.15, -0.1) is 0 Å². The number of hydrogen-bond acceptors (Lipinski definition) is 3. The molecule has 0 atom stereocenters. The normalized spacial score (nSPS) is 30.0. The summed E-state index contributed by atoms with van der Waals surface area (Å²) < 4.78 is 0. The molecule has 0 bridgehead atoms. The first-order chi connectivity index (χ1) is 10.4. The molecular formula is C19H37N3. The van der Waals surface area contributed by atoms with E-state index in [0.717, 1.165) is 11.5 Å². The highest BCUT2D eigenvalue weighted by atomic mass is 15.3. The number of rotatable bonds is 1. The maximum absolute atomic E-state index is 2.81. The molecule has 1 spiro atoms. The monoisotopic (exact) mass is 307 g/mol. The molecule has 2 heterocycles. The predicted molar refractivity (Wildman–Crippen MR) is 94.3 cm³/mol. The average Bonchev–Trinajstić information content (AvgIpc) is 2.51. The van der Waals surface area contributed by atoms with E-state index in [9.17, 15) is 0 Å². The molecule has 2 saturated heterocycles. The molecule has 1 aliphatic carbocycles. The fraction of sp³-hybridized carbons (Fsp3) is 1.00. The van der Waals surface area contributed by atoms with Crippen molar-refractivity contribution in [1.82, 2.24) is 14.7 Å². The SMILES string of the molecule is CN1CCC2(CCC(N3CCN(C(C)(C)C)CC3)CC2)CC1. The van der Waals surface area contributed by atoms with Crippen LogP contribution in [0, 0.1) is 5.41 Å². The molecule has 0 aromatic heterocycles. The summed E-state index contributed by atoms with van der Waals surface area (Å²) in [5.74, 6) is 0. The van der Waals surface area contributed by atoms with E-state index in [2.05, 4.69) is 42.5 Å². The fourth-order valence-corrected chi connectivity index (χ4v) is 4.93. The molecule has 128 valence electrons. The quantitative estimate of drug-likeness (QED) is 0.737. The summed E-state index contributed by atoms with van der Waals surface area (Å²) in [6.07, 6.45) is 8.80. The van der Waals surface area contributed by atoms with Gasteiger partial charge in [-0.25, -0.2) is 0 Å². The second kappa shape index (κ2) is 6.41. The van der Waals surface area contributed by atoms with Crippen molar-refractivity contribution in [1.29, 1.82) is 0 Å². The highest BCUT2D eigenvalue weighted by Crippen LogP contribution is 2.45. The molecule has 3 fully saturated rings. The van der Waals surface area contributed by atoms with Gasteiger partial charge in [0.05, 0.1) is 0 Å². The fourth-order valence-electron chi connectivity index (χ4n) is 4.93. The van der Waals surface area contributed by atoms with Gasteiger partial charge in [0, 0.05) is 37.8 Å². The Hall–Kier alpha value is -0.120. The molecular weight excluding hydrogens is 270 g/mol. The van der Waals surface area contributed by atoms with Crippen LogP contribution < -0.4 is 0 Å². The Kier molecular flexibility index (Phi) is 4.87. The van der Waals surface area contributed by atoms with E-state index in [1.165, 1.54) is 77.8 Å². The topological polar surface area (TPSA) is 9.72 Å². The van der Waals surface area contributed by atoms with Crippen molar-refractivity contribution in [2.45, 2.75) is 70.9 Å². The molecule has 2 aliphatic heterocycles. The van der Waals surface area contributed by atoms with Crippen LogP contribution in [-0.4, -0.2) is 72.6 Å². The van der Waals surface area contributed by atoms with E-state index in [1.54, 1.807) is 0 Å². The van der Waals surface area contributed by atoms with Gasteiger partial charge in [-0.1, -0.05) is 0 Å². The minimum atomic E-state index is 0.344. The third-order valence-electron chi connectivity index (χ3n) is 6.84. The van der Waals surface area contributed by atoms with Crippen LogP contribution in [0.1, 0.15) is 59.3 Å². The van der Waals surface area contributed by atoms with E-state index in [-0.39, 0.29) is 0 Å². The van der Waals surface area contributed by atoms with Gasteiger partial charge < -0.3 is 4.90 Å². The van der Waals surface area contributed by atoms with Crippen LogP contribution >= 0.6 is 0 Å². The smallest absolute Gasteiger partial charge is 0.0126 e. The molecule has 0 aromatic carbocycles. The van der Waals surface area contributed by atoms with Crippen LogP contribution in [0.3, 0.4) is 0 Å². The highest BCUT2D eigenvalue weighted by molar-refractivity contribution is 4.93. The zero-order valence-electron chi connectivity index (χ0n) is 15.4. The summed E-state index contributed by atoms with van der Waals surface area (Å²) in [4.78, 5) is 7.98. The van der Waals surface area contributed by atoms with Crippen LogP contribution in [0.4, 0.5) is 0 Å². The molecule has 3 nitrogen and oxygen atoms in total. The third-order valence-corrected chi connectivity index (χ3v) is 6.84. The molecule has 1 saturated carbocycles. The van der Waals surface area contributed by atoms with E-state index in [4.69, 9.17) is 0 Å². The minimum Gasteiger partial charge on any atom is -0.306 e. The Morgan fingerprint density at radius 2 is 1.32 bits per heavy atom. The first-order valence-corrected chi connectivity index (χ1v) is 9.56. The Bertz CT molecular complexity index is 347. The lowest BCUT2D eigenvalue weighted by Crippen LogP contribution is -2.56. The number of hydrogen-bond donors (Lipinski definition) is 0. The van der Waals surface area contributed by atoms with Gasteiger partial charge in [-0.2, -0.15) is 0 Å². The number of piperazine rings is 1. The van der Waals surface area contributed by atoms with Crippen LogP contribution in [0.15, 0.2) is 0 Å². The Morgan fingerprint density at radius 3 is 1.82 bits per heavy atom. The Balaban J connectivity index is 1.47. The van der Waals surface area contributed by atoms with Gasteiger partial charge in [0.15, 0.2) is 0 Å². The van der Waals surface area contributed by atoms with Crippen LogP contribution in [-0.2, 0) is 0 Å². The van der Waals surface area contributed by atoms with Crippen molar-refractivity contribution in [3.63, 3.8) is 0 Å². The van der Waals surface area contributed by atoms with Crippen molar-refractivity contribution in [2.75, 3.05) is 46.3 Å². The molecule has 0 amide bonds. The molecule has 0 N–H and O–H groups in total. The largest absolute Gasteiger partial charge is 0.306 e. The van der Waals surface area contributed by atoms with Crippen LogP contribution in [0.2, 0.25) is 0 Å². The van der Waals surface area contributed by atoms with Crippen molar-refractivity contribution >= 4 is 0 Å². The second-order valence-electron chi connectivity index (χ2n) is 9.23. The van der Waals surface area contributed by atoms with Gasteiger partial charge >= 0.3 is 0 Å². The van der Waals surface area contributed by atoms with Gasteiger partial charge in [0.2, 0.25) is 0 Å². The molecule has 3 heteroatoms. The first-order valence-electron chi connectivity index (χ1n) is 9.56. The summed E-state index contributed by atoms with van der Waals surface area (Å²) in [7, 11) is 2.28. The number of nitrogens with zero attached hydrogens (tertiary/aromatic N) is 3. The van der Waals surface area contributed by atoms with E-state index >= 15 is 0 Å². The van der Waals surface area contributed by atoms with Crippen LogP contribution in [0.25, 0.3) is 0 Å². The lowest BCUT2D eigenvalue weighted by atomic mass is 9.66. The number of piperidine rings is 1. The molecule has 3 aliphatic rings.